The summed E-state index contributed by atoms with van der Waals surface area (Å²) in [6.07, 6.45) is -0.527. The van der Waals surface area contributed by atoms with Gasteiger partial charge in [-0.1, -0.05) is 0 Å². The lowest BCUT2D eigenvalue weighted by atomic mass is 10.2. The third-order valence-electron chi connectivity index (χ3n) is 5.57. The van der Waals surface area contributed by atoms with Crippen LogP contribution in [0.4, 0.5) is 19.0 Å². The van der Waals surface area contributed by atoms with Crippen LogP contribution in [0.2, 0.25) is 0 Å². The van der Waals surface area contributed by atoms with E-state index in [-0.39, 0.29) is 23.7 Å². The molecule has 2 aromatic rings. The van der Waals surface area contributed by atoms with Crippen LogP contribution in [0.3, 0.4) is 0 Å². The number of aromatic nitrogens is 4. The maximum Gasteiger partial charge on any atom is 0.406 e. The van der Waals surface area contributed by atoms with Crippen molar-refractivity contribution in [3.05, 3.63) is 12.2 Å². The van der Waals surface area contributed by atoms with Crippen molar-refractivity contribution in [2.45, 2.75) is 44.9 Å². The molecule has 2 fully saturated rings. The van der Waals surface area contributed by atoms with Crippen LogP contribution in [0.15, 0.2) is 6.33 Å². The number of aryl methyl sites for hydroxylation is 1. The molecule has 4 rings (SSSR count). The Labute approximate surface area is 176 Å². The molecule has 1 aliphatic carbocycles. The van der Waals surface area contributed by atoms with Crippen molar-refractivity contribution in [1.29, 1.82) is 0 Å². The van der Waals surface area contributed by atoms with Gasteiger partial charge in [0.1, 0.15) is 12.9 Å². The fraction of sp³-hybridized carbons (Fsp3) is 0.632. The summed E-state index contributed by atoms with van der Waals surface area (Å²) in [6, 6.07) is -0.0281. The number of amides is 2. The van der Waals surface area contributed by atoms with Gasteiger partial charge in [-0.05, 0) is 26.2 Å². The molecule has 0 aromatic carbocycles. The molecule has 1 saturated carbocycles. The van der Waals surface area contributed by atoms with Gasteiger partial charge in [0.05, 0.1) is 0 Å². The number of anilines is 1. The van der Waals surface area contributed by atoms with Crippen LogP contribution in [0.5, 0.6) is 0 Å². The summed E-state index contributed by atoms with van der Waals surface area (Å²) < 4.78 is 39.6. The molecule has 2 aromatic heterocycles. The predicted octanol–water partition coefficient (Wildman–Crippen LogP) is 1.90. The Kier molecular flexibility index (Phi) is 5.48. The maximum atomic E-state index is 12.7. The van der Waals surface area contributed by atoms with E-state index in [1.54, 1.807) is 6.92 Å². The average Bonchev–Trinajstić information content (AvgIpc) is 3.33. The molecule has 2 aliphatic rings. The lowest BCUT2D eigenvalue weighted by molar-refractivity contribution is -0.138. The molecule has 0 bridgehead atoms. The van der Waals surface area contributed by atoms with Gasteiger partial charge in [-0.2, -0.15) is 13.2 Å². The Hall–Kier alpha value is -2.92. The largest absolute Gasteiger partial charge is 0.406 e. The average molecular weight is 439 g/mol. The zero-order chi connectivity index (χ0) is 22.3. The van der Waals surface area contributed by atoms with Crippen LogP contribution in [-0.2, 0) is 11.3 Å². The van der Waals surface area contributed by atoms with Crippen LogP contribution in [0.25, 0.3) is 11.2 Å². The topological polar surface area (TPSA) is 96.2 Å². The summed E-state index contributed by atoms with van der Waals surface area (Å²) in [5.74, 6) is -0.217. The number of nitrogens with zero attached hydrogens (tertiary/aromatic N) is 6. The Balaban J connectivity index is 1.57. The minimum Gasteiger partial charge on any atom is -0.364 e. The second-order valence-corrected chi connectivity index (χ2v) is 8.04. The van der Waals surface area contributed by atoms with Crippen molar-refractivity contribution < 1.29 is 22.8 Å². The second-order valence-electron chi connectivity index (χ2n) is 8.04. The second kappa shape index (κ2) is 7.97. The van der Waals surface area contributed by atoms with Gasteiger partial charge in [0.25, 0.3) is 5.91 Å². The fourth-order valence-corrected chi connectivity index (χ4v) is 3.88. The number of hydrogen-bond acceptors (Lipinski definition) is 6. The summed E-state index contributed by atoms with van der Waals surface area (Å²) in [4.78, 5) is 40.1. The number of carbonyl (C=O) groups excluding carboxylic acids is 2. The maximum absolute atomic E-state index is 12.7. The van der Waals surface area contributed by atoms with Gasteiger partial charge in [0.15, 0.2) is 17.0 Å². The Bertz CT molecular complexity index is 1000. The highest BCUT2D eigenvalue weighted by atomic mass is 19.4. The number of carbonyl (C=O) groups is 2. The number of alkyl halides is 3. The number of likely N-dealkylation sites (tertiary alicyclic amines) is 1. The lowest BCUT2D eigenvalue weighted by Gasteiger charge is -2.18. The quantitative estimate of drug-likeness (QED) is 0.739. The van der Waals surface area contributed by atoms with Gasteiger partial charge in [-0.25, -0.2) is 15.0 Å². The SMILES string of the molecule is CCn1c(C(=O)N(C)CC(F)(F)F)nc2c(NC3CCN(C(=O)C4CC4)C3)ncnc21. The van der Waals surface area contributed by atoms with E-state index in [9.17, 15) is 22.8 Å². The van der Waals surface area contributed by atoms with Gasteiger partial charge >= 0.3 is 6.18 Å². The number of hydrogen-bond donors (Lipinski definition) is 1. The van der Waals surface area contributed by atoms with Crippen molar-refractivity contribution in [2.24, 2.45) is 5.92 Å². The first-order valence-electron chi connectivity index (χ1n) is 10.3. The molecule has 1 atom stereocenters. The van der Waals surface area contributed by atoms with Gasteiger partial charge in [0.2, 0.25) is 11.7 Å². The predicted molar refractivity (Wildman–Crippen MR) is 105 cm³/mol. The van der Waals surface area contributed by atoms with Gasteiger partial charge < -0.3 is 19.7 Å². The normalized spacial score (nSPS) is 19.1. The number of nitrogens with one attached hydrogen (secondary N) is 1. The molecule has 2 amide bonds. The fourth-order valence-electron chi connectivity index (χ4n) is 3.88. The molecule has 9 nitrogen and oxygen atoms in total. The van der Waals surface area contributed by atoms with E-state index >= 15 is 0 Å². The highest BCUT2D eigenvalue weighted by Crippen LogP contribution is 2.32. The summed E-state index contributed by atoms with van der Waals surface area (Å²) in [6.45, 7) is 1.91. The van der Waals surface area contributed by atoms with Gasteiger partial charge in [-0.3, -0.25) is 9.59 Å². The molecule has 3 heterocycles. The first kappa shape index (κ1) is 21.3. The summed E-state index contributed by atoms with van der Waals surface area (Å²) >= 11 is 0. The highest BCUT2D eigenvalue weighted by Gasteiger charge is 2.37. The van der Waals surface area contributed by atoms with E-state index in [0.29, 0.717) is 41.5 Å². The van der Waals surface area contributed by atoms with Gasteiger partial charge in [-0.15, -0.1) is 0 Å². The van der Waals surface area contributed by atoms with Crippen LogP contribution in [0.1, 0.15) is 36.8 Å². The molecular formula is C19H24F3N7O2. The molecule has 0 radical (unpaired) electrons. The Morgan fingerprint density at radius 1 is 1.26 bits per heavy atom. The van der Waals surface area contributed by atoms with Crippen molar-refractivity contribution in [1.82, 2.24) is 29.3 Å². The molecule has 12 heteroatoms. The van der Waals surface area contributed by atoms with E-state index in [4.69, 9.17) is 0 Å². The summed E-state index contributed by atoms with van der Waals surface area (Å²) in [5, 5.41) is 3.27. The minimum atomic E-state index is -4.51. The molecule has 1 saturated heterocycles. The van der Waals surface area contributed by atoms with Crippen molar-refractivity contribution in [3.63, 3.8) is 0 Å². The van der Waals surface area contributed by atoms with E-state index in [0.717, 1.165) is 26.3 Å². The number of fused-ring (bicyclic) bond motifs is 1. The molecule has 0 spiro atoms. The van der Waals surface area contributed by atoms with Gasteiger partial charge in [0, 0.05) is 38.6 Å². The van der Waals surface area contributed by atoms with Crippen LogP contribution in [-0.4, -0.2) is 80.0 Å². The Morgan fingerprint density at radius 3 is 2.65 bits per heavy atom. The molecular weight excluding hydrogens is 415 g/mol. The number of halogens is 3. The molecule has 1 unspecified atom stereocenters. The zero-order valence-electron chi connectivity index (χ0n) is 17.3. The lowest BCUT2D eigenvalue weighted by Crippen LogP contribution is -2.37. The smallest absolute Gasteiger partial charge is 0.364 e. The minimum absolute atomic E-state index is 0.0281. The molecule has 1 N–H and O–H groups in total. The molecule has 1 aliphatic heterocycles. The monoisotopic (exact) mass is 439 g/mol. The summed E-state index contributed by atoms with van der Waals surface area (Å²) in [5.41, 5.74) is 0.688. The van der Waals surface area contributed by atoms with E-state index in [1.165, 1.54) is 10.9 Å². The zero-order valence-corrected chi connectivity index (χ0v) is 17.3. The third-order valence-corrected chi connectivity index (χ3v) is 5.57. The molecule has 31 heavy (non-hydrogen) atoms. The Morgan fingerprint density at radius 2 is 2.00 bits per heavy atom. The number of imidazole rings is 1. The first-order valence-corrected chi connectivity index (χ1v) is 10.3. The van der Waals surface area contributed by atoms with E-state index in [1.807, 2.05) is 4.90 Å². The standard InChI is InChI=1S/C19H24F3N7O2/c1-3-29-15-13(26-16(29)18(31)27(2)9-19(20,21)22)14(23-10-24-15)25-12-6-7-28(8-12)17(30)11-4-5-11/h10-12H,3-9H2,1-2H3,(H,23,24,25). The van der Waals surface area contributed by atoms with Crippen LogP contribution < -0.4 is 5.32 Å². The first-order chi connectivity index (χ1) is 14.7. The van der Waals surface area contributed by atoms with Crippen molar-refractivity contribution in [2.75, 3.05) is 32.0 Å². The van der Waals surface area contributed by atoms with E-state index in [2.05, 4.69) is 20.3 Å². The third kappa shape index (κ3) is 4.42. The number of rotatable bonds is 6. The highest BCUT2D eigenvalue weighted by molar-refractivity contribution is 5.96. The summed E-state index contributed by atoms with van der Waals surface area (Å²) in [7, 11) is 1.09. The van der Waals surface area contributed by atoms with E-state index < -0.39 is 18.6 Å². The molecule has 168 valence electrons. The van der Waals surface area contributed by atoms with Crippen molar-refractivity contribution >= 4 is 28.8 Å². The van der Waals surface area contributed by atoms with Crippen molar-refractivity contribution in [3.8, 4) is 0 Å². The van der Waals surface area contributed by atoms with Crippen LogP contribution in [0, 0.1) is 5.92 Å². The van der Waals surface area contributed by atoms with Crippen LogP contribution >= 0.6 is 0 Å².